The third-order valence-electron chi connectivity index (χ3n) is 1.74. The maximum Gasteiger partial charge on any atom is 0.147 e. The molecule has 1 rings (SSSR count). The second-order valence-corrected chi connectivity index (χ2v) is 3.48. The van der Waals surface area contributed by atoms with Crippen LogP contribution in [0.15, 0.2) is 23.1 Å². The smallest absolute Gasteiger partial charge is 0.147 e. The maximum absolute atomic E-state index is 13.6. The van der Waals surface area contributed by atoms with Crippen LogP contribution in [0.2, 0.25) is 0 Å². The summed E-state index contributed by atoms with van der Waals surface area (Å²) in [5, 5.41) is 9.33. The molecule has 0 spiro atoms. The van der Waals surface area contributed by atoms with Crippen molar-refractivity contribution < 1.29 is 9.50 Å². The molecule has 76 valence electrons. The summed E-state index contributed by atoms with van der Waals surface area (Å²) < 4.78 is 13.6. The molecule has 0 fully saturated rings. The largest absolute Gasteiger partial charge is 0.507 e. The van der Waals surface area contributed by atoms with Gasteiger partial charge in [-0.1, -0.05) is 12.2 Å². The fraction of sp³-hybridized carbons (Fsp3) is 0.200. The van der Waals surface area contributed by atoms with Crippen LogP contribution in [0.3, 0.4) is 0 Å². The molecular weight excluding hydrogens is 201 g/mol. The van der Waals surface area contributed by atoms with Gasteiger partial charge in [-0.25, -0.2) is 4.39 Å². The van der Waals surface area contributed by atoms with Crippen molar-refractivity contribution in [3.05, 3.63) is 29.6 Å². The van der Waals surface area contributed by atoms with E-state index >= 15 is 0 Å². The quantitative estimate of drug-likeness (QED) is 0.757. The van der Waals surface area contributed by atoms with Gasteiger partial charge in [0.05, 0.1) is 4.90 Å². The van der Waals surface area contributed by atoms with Crippen LogP contribution in [0.5, 0.6) is 5.75 Å². The van der Waals surface area contributed by atoms with Crippen LogP contribution < -0.4 is 5.73 Å². The van der Waals surface area contributed by atoms with Crippen LogP contribution in [0.1, 0.15) is 5.56 Å². The minimum absolute atomic E-state index is 0.0279. The van der Waals surface area contributed by atoms with Gasteiger partial charge in [0.1, 0.15) is 11.6 Å². The molecule has 0 atom stereocenters. The highest BCUT2D eigenvalue weighted by Crippen LogP contribution is 2.31. The molecule has 0 aliphatic heterocycles. The summed E-state index contributed by atoms with van der Waals surface area (Å²) in [6.07, 6.45) is 4.99. The Kier molecular flexibility index (Phi) is 3.98. The van der Waals surface area contributed by atoms with E-state index in [0.717, 1.165) is 0 Å². The molecule has 1 aromatic carbocycles. The number of halogens is 1. The Labute approximate surface area is 86.6 Å². The average Bonchev–Trinajstić information content (AvgIpc) is 2.18. The summed E-state index contributed by atoms with van der Waals surface area (Å²) in [7, 11) is 0. The van der Waals surface area contributed by atoms with E-state index in [0.29, 0.717) is 12.1 Å². The van der Waals surface area contributed by atoms with E-state index in [1.54, 1.807) is 18.4 Å². The summed E-state index contributed by atoms with van der Waals surface area (Å²) in [6.45, 7) is 0.370. The van der Waals surface area contributed by atoms with Gasteiger partial charge in [-0.3, -0.25) is 0 Å². The van der Waals surface area contributed by atoms with Gasteiger partial charge < -0.3 is 10.8 Å². The molecule has 0 heterocycles. The molecule has 0 bridgehead atoms. The summed E-state index contributed by atoms with van der Waals surface area (Å²) in [5.41, 5.74) is 5.71. The lowest BCUT2D eigenvalue weighted by Gasteiger charge is -2.05. The Bertz CT molecular complexity index is 352. The number of hydrogen-bond acceptors (Lipinski definition) is 3. The molecule has 0 unspecified atom stereocenters. The zero-order valence-electron chi connectivity index (χ0n) is 7.83. The van der Waals surface area contributed by atoms with Crippen molar-refractivity contribution in [2.75, 3.05) is 12.8 Å². The number of benzene rings is 1. The van der Waals surface area contributed by atoms with Crippen molar-refractivity contribution in [2.24, 2.45) is 5.73 Å². The fourth-order valence-electron chi connectivity index (χ4n) is 1.08. The SMILES string of the molecule is CSc1c(O)ccc(/C=C/CN)c1F. The third kappa shape index (κ3) is 2.27. The number of thioether (sulfide) groups is 1. The van der Waals surface area contributed by atoms with Gasteiger partial charge in [-0.05, 0) is 18.4 Å². The maximum atomic E-state index is 13.6. The first-order valence-electron chi connectivity index (χ1n) is 4.12. The molecule has 1 aromatic rings. The minimum Gasteiger partial charge on any atom is -0.507 e. The van der Waals surface area contributed by atoms with Crippen molar-refractivity contribution in [3.63, 3.8) is 0 Å². The first-order valence-corrected chi connectivity index (χ1v) is 5.35. The van der Waals surface area contributed by atoms with Crippen molar-refractivity contribution in [2.45, 2.75) is 4.90 Å². The lowest BCUT2D eigenvalue weighted by molar-refractivity contribution is 0.449. The Morgan fingerprint density at radius 2 is 2.29 bits per heavy atom. The topological polar surface area (TPSA) is 46.2 Å². The van der Waals surface area contributed by atoms with Gasteiger partial charge in [-0.2, -0.15) is 0 Å². The van der Waals surface area contributed by atoms with Crippen LogP contribution in [0.25, 0.3) is 6.08 Å². The zero-order valence-corrected chi connectivity index (χ0v) is 8.64. The summed E-state index contributed by atoms with van der Waals surface area (Å²) in [5.74, 6) is -0.429. The highest BCUT2D eigenvalue weighted by atomic mass is 32.2. The van der Waals surface area contributed by atoms with E-state index in [1.165, 1.54) is 23.9 Å². The summed E-state index contributed by atoms with van der Waals surface area (Å²) in [6, 6.07) is 3.00. The van der Waals surface area contributed by atoms with Gasteiger partial charge in [0.15, 0.2) is 0 Å². The van der Waals surface area contributed by atoms with Crippen molar-refractivity contribution in [1.82, 2.24) is 0 Å². The fourth-order valence-corrected chi connectivity index (χ4v) is 1.65. The van der Waals surface area contributed by atoms with Crippen LogP contribution >= 0.6 is 11.8 Å². The third-order valence-corrected chi connectivity index (χ3v) is 2.54. The first-order chi connectivity index (χ1) is 6.70. The summed E-state index contributed by atoms with van der Waals surface area (Å²) in [4.78, 5) is 0.268. The van der Waals surface area contributed by atoms with E-state index in [9.17, 15) is 9.50 Å². The van der Waals surface area contributed by atoms with E-state index in [4.69, 9.17) is 5.73 Å². The predicted octanol–water partition coefficient (Wildman–Crippen LogP) is 2.23. The molecule has 0 aliphatic rings. The number of phenolic OH excluding ortho intramolecular Hbond substituents is 1. The predicted molar refractivity (Wildman–Crippen MR) is 57.9 cm³/mol. The first kappa shape index (κ1) is 11.1. The van der Waals surface area contributed by atoms with Gasteiger partial charge in [-0.15, -0.1) is 11.8 Å². The second kappa shape index (κ2) is 5.02. The highest BCUT2D eigenvalue weighted by Gasteiger charge is 2.09. The minimum atomic E-state index is -0.401. The van der Waals surface area contributed by atoms with E-state index in [-0.39, 0.29) is 10.6 Å². The van der Waals surface area contributed by atoms with Crippen LogP contribution in [-0.2, 0) is 0 Å². The number of nitrogens with two attached hydrogens (primary N) is 1. The van der Waals surface area contributed by atoms with Crippen molar-refractivity contribution in [3.8, 4) is 5.75 Å². The zero-order chi connectivity index (χ0) is 10.6. The average molecular weight is 213 g/mol. The molecule has 0 amide bonds. The molecular formula is C10H12FNOS. The van der Waals surface area contributed by atoms with Gasteiger partial charge in [0.25, 0.3) is 0 Å². The highest BCUT2D eigenvalue weighted by molar-refractivity contribution is 7.98. The normalized spacial score (nSPS) is 11.1. The van der Waals surface area contributed by atoms with E-state index < -0.39 is 5.82 Å². The van der Waals surface area contributed by atoms with E-state index in [1.807, 2.05) is 0 Å². The molecule has 14 heavy (non-hydrogen) atoms. The lowest BCUT2D eigenvalue weighted by Crippen LogP contribution is -1.93. The van der Waals surface area contributed by atoms with Crippen LogP contribution in [0, 0.1) is 5.82 Å². The molecule has 2 nitrogen and oxygen atoms in total. The number of rotatable bonds is 3. The summed E-state index contributed by atoms with van der Waals surface area (Å²) >= 11 is 1.18. The molecule has 4 heteroatoms. The van der Waals surface area contributed by atoms with E-state index in [2.05, 4.69) is 0 Å². The second-order valence-electron chi connectivity index (χ2n) is 2.66. The number of aromatic hydroxyl groups is 1. The lowest BCUT2D eigenvalue weighted by atomic mass is 10.2. The molecule has 3 N–H and O–H groups in total. The Morgan fingerprint density at radius 1 is 1.57 bits per heavy atom. The molecule has 0 aliphatic carbocycles. The van der Waals surface area contributed by atoms with Crippen molar-refractivity contribution >= 4 is 17.8 Å². The van der Waals surface area contributed by atoms with Crippen molar-refractivity contribution in [1.29, 1.82) is 0 Å². The van der Waals surface area contributed by atoms with Gasteiger partial charge in [0.2, 0.25) is 0 Å². The van der Waals surface area contributed by atoms with Crippen LogP contribution in [-0.4, -0.2) is 17.9 Å². The monoisotopic (exact) mass is 213 g/mol. The number of phenols is 1. The molecule has 0 radical (unpaired) electrons. The Morgan fingerprint density at radius 3 is 2.86 bits per heavy atom. The Hall–Kier alpha value is -1.00. The Balaban J connectivity index is 3.14. The molecule has 0 aromatic heterocycles. The molecule has 0 saturated carbocycles. The number of hydrogen-bond donors (Lipinski definition) is 2. The standard InChI is InChI=1S/C10H12FNOS/c1-14-10-8(13)5-4-7(9(10)11)3-2-6-12/h2-5,13H,6,12H2,1H3/b3-2+. The van der Waals surface area contributed by atoms with Crippen LogP contribution in [0.4, 0.5) is 4.39 Å². The van der Waals surface area contributed by atoms with Gasteiger partial charge >= 0.3 is 0 Å². The molecule has 0 saturated heterocycles. The van der Waals surface area contributed by atoms with Gasteiger partial charge in [0, 0.05) is 12.1 Å².